The van der Waals surface area contributed by atoms with Crippen molar-refractivity contribution in [2.75, 3.05) is 26.4 Å². The highest BCUT2D eigenvalue weighted by Crippen LogP contribution is 2.49. The van der Waals surface area contributed by atoms with Crippen LogP contribution in [0, 0.1) is 0 Å². The molecule has 18 atom stereocenters. The first-order valence-corrected chi connectivity index (χ1v) is 30.0. The molecule has 1 saturated carbocycles. The number of unbranched alkanes of at least 4 members (excludes halogenated alkanes) is 21. The fourth-order valence-corrected chi connectivity index (χ4v) is 10.5. The second kappa shape index (κ2) is 38.8. The summed E-state index contributed by atoms with van der Waals surface area (Å²) in [7, 11) is -5.63. The van der Waals surface area contributed by atoms with Gasteiger partial charge in [-0.25, -0.2) is 4.57 Å². The van der Waals surface area contributed by atoms with Crippen LogP contribution in [0.4, 0.5) is 0 Å². The first-order chi connectivity index (χ1) is 36.9. The van der Waals surface area contributed by atoms with Crippen molar-refractivity contribution in [3.05, 3.63) is 12.2 Å². The van der Waals surface area contributed by atoms with E-state index in [1.165, 1.54) is 77.0 Å². The van der Waals surface area contributed by atoms with Crippen LogP contribution < -0.4 is 0 Å². The molecule has 10 unspecified atom stereocenters. The molecule has 0 aromatic heterocycles. The molecule has 1 aliphatic carbocycles. The average molecular weight is 1130 g/mol. The van der Waals surface area contributed by atoms with Crippen LogP contribution in [0.1, 0.15) is 181 Å². The van der Waals surface area contributed by atoms with Crippen LogP contribution >= 0.6 is 7.82 Å². The minimum absolute atomic E-state index is 0.0392. The number of hydrogen-bond acceptors (Lipinski definition) is 22. The van der Waals surface area contributed by atoms with E-state index < -0.39 is 150 Å². The van der Waals surface area contributed by atoms with Crippen molar-refractivity contribution >= 4 is 19.8 Å². The quantitative estimate of drug-likeness (QED) is 0.0181. The molecule has 0 amide bonds. The first-order valence-electron chi connectivity index (χ1n) is 28.5. The lowest BCUT2D eigenvalue weighted by Gasteiger charge is -2.49. The van der Waals surface area contributed by atoms with E-state index in [2.05, 4.69) is 26.0 Å². The molecule has 3 aliphatic rings. The smallest absolute Gasteiger partial charge is 0.462 e. The number of hydrogen-bond donors (Lipinski definition) is 12. The number of esters is 2. The highest BCUT2D eigenvalue weighted by molar-refractivity contribution is 7.47. The third-order valence-corrected chi connectivity index (χ3v) is 15.3. The third-order valence-electron chi connectivity index (χ3n) is 14.3. The largest absolute Gasteiger partial charge is 0.472 e. The summed E-state index contributed by atoms with van der Waals surface area (Å²) in [6.07, 6.45) is -5.04. The maximum Gasteiger partial charge on any atom is 0.472 e. The van der Waals surface area contributed by atoms with Crippen molar-refractivity contribution in [2.45, 2.75) is 285 Å². The molecule has 452 valence electrons. The van der Waals surface area contributed by atoms with Gasteiger partial charge in [0.1, 0.15) is 92.1 Å². The van der Waals surface area contributed by atoms with E-state index in [1.807, 2.05) is 0 Å². The molecule has 0 spiro atoms. The Morgan fingerprint density at radius 2 is 0.857 bits per heavy atom. The summed E-state index contributed by atoms with van der Waals surface area (Å²) in [5.74, 6) is -1.34. The number of carbonyl (C=O) groups excluding carboxylic acids is 2. The number of ether oxygens (including phenoxy) is 6. The standard InChI is InChI=1S/C53H97O23P/c1-3-5-7-9-11-13-15-17-19-21-23-25-27-29-38(56)69-33-35(71-39(57)30-28-26-24-22-20-18-16-14-12-10-8-6-4-2)34-70-77(67,68)76-51-49(74-52-47(65)42(60)40(58)36(31-54)72-52)45(63)44(62)46(64)50(51)75-53-48(66)43(61)41(59)37(32-55)73-53/h14,16,35-37,40-55,58-66H,3-13,15,17-34H2,1-2H3,(H,67,68)/b16-14-/t35-,36?,37?,40-,41+,42?,43?,44?,45?,46?,47-,48+,49-,50?,51?,52-,53+/m1/s1. The summed E-state index contributed by atoms with van der Waals surface area (Å²) < 4.78 is 58.0. The van der Waals surface area contributed by atoms with Crippen molar-refractivity contribution in [1.82, 2.24) is 0 Å². The number of aliphatic hydroxyl groups is 11. The molecule has 3 rings (SSSR count). The SMILES string of the molecule is CCCCCC/C=C\CCCCCCCC(=O)O[C@H](COC(=O)CCCCCCCCCCCCCCC)COP(=O)(O)OC1C(O[C@@H]2OC(CO)[C@H](O)C(O)[C@@H]2O)C(O)C(O)C(O)[C@H]1O[C@H]1OC(CO)[C@@H](O)C(O)[C@H]1O. The number of allylic oxidation sites excluding steroid dienone is 2. The number of aliphatic hydroxyl groups excluding tert-OH is 11. The molecule has 0 aromatic carbocycles. The van der Waals surface area contributed by atoms with Crippen LogP contribution in [-0.2, 0) is 51.6 Å². The minimum atomic E-state index is -5.63. The Morgan fingerprint density at radius 1 is 0.481 bits per heavy atom. The second-order valence-corrected chi connectivity index (χ2v) is 22.2. The van der Waals surface area contributed by atoms with Crippen molar-refractivity contribution in [1.29, 1.82) is 0 Å². The lowest BCUT2D eigenvalue weighted by molar-refractivity contribution is -0.360. The Labute approximate surface area is 454 Å². The Kier molecular flexibility index (Phi) is 35.0. The van der Waals surface area contributed by atoms with Gasteiger partial charge in [0.15, 0.2) is 18.7 Å². The molecule has 23 nitrogen and oxygen atoms in total. The molecule has 0 aromatic rings. The minimum Gasteiger partial charge on any atom is -0.462 e. The van der Waals surface area contributed by atoms with E-state index >= 15 is 0 Å². The Bertz CT molecular complexity index is 1590. The van der Waals surface area contributed by atoms with Gasteiger partial charge < -0.3 is 89.5 Å². The number of carbonyl (C=O) groups is 2. The Morgan fingerprint density at radius 3 is 1.29 bits per heavy atom. The fraction of sp³-hybridized carbons (Fsp3) is 0.925. The topological polar surface area (TPSA) is 368 Å². The summed E-state index contributed by atoms with van der Waals surface area (Å²) in [4.78, 5) is 37.4. The predicted molar refractivity (Wildman–Crippen MR) is 277 cm³/mol. The van der Waals surface area contributed by atoms with Gasteiger partial charge in [0.2, 0.25) is 0 Å². The number of phosphoric ester groups is 1. The Balaban J connectivity index is 1.73. The van der Waals surface area contributed by atoms with E-state index in [0.717, 1.165) is 64.2 Å². The second-order valence-electron chi connectivity index (χ2n) is 20.8. The molecule has 2 aliphatic heterocycles. The summed E-state index contributed by atoms with van der Waals surface area (Å²) in [5, 5.41) is 116. The molecule has 2 heterocycles. The summed E-state index contributed by atoms with van der Waals surface area (Å²) in [6.45, 7) is 0.971. The van der Waals surface area contributed by atoms with Gasteiger partial charge in [0, 0.05) is 12.8 Å². The van der Waals surface area contributed by atoms with Crippen LogP contribution in [0.3, 0.4) is 0 Å². The predicted octanol–water partition coefficient (Wildman–Crippen LogP) is 3.15. The van der Waals surface area contributed by atoms with Crippen molar-refractivity contribution < 1.29 is 113 Å². The van der Waals surface area contributed by atoms with Crippen molar-refractivity contribution in [3.8, 4) is 0 Å². The average Bonchev–Trinajstić information content (AvgIpc) is 3.41. The zero-order chi connectivity index (χ0) is 56.8. The van der Waals surface area contributed by atoms with E-state index in [1.54, 1.807) is 0 Å². The van der Waals surface area contributed by atoms with Gasteiger partial charge in [0.05, 0.1) is 19.8 Å². The number of rotatable bonds is 41. The van der Waals surface area contributed by atoms with Crippen molar-refractivity contribution in [2.24, 2.45) is 0 Å². The van der Waals surface area contributed by atoms with E-state index in [9.17, 15) is 75.2 Å². The fourth-order valence-electron chi connectivity index (χ4n) is 9.53. The normalized spacial score (nSPS) is 32.0. The van der Waals surface area contributed by atoms with E-state index in [4.69, 9.17) is 37.5 Å². The van der Waals surface area contributed by atoms with Crippen LogP contribution in [0.2, 0.25) is 0 Å². The summed E-state index contributed by atoms with van der Waals surface area (Å²) >= 11 is 0. The molecule has 12 N–H and O–H groups in total. The van der Waals surface area contributed by atoms with Gasteiger partial charge in [-0.3, -0.25) is 18.6 Å². The van der Waals surface area contributed by atoms with Gasteiger partial charge in [0.25, 0.3) is 0 Å². The van der Waals surface area contributed by atoms with Gasteiger partial charge in [-0.1, -0.05) is 142 Å². The van der Waals surface area contributed by atoms with Crippen LogP contribution in [0.15, 0.2) is 12.2 Å². The lowest BCUT2D eigenvalue weighted by atomic mass is 9.84. The molecule has 24 heteroatoms. The molecular weight excluding hydrogens is 1040 g/mol. The van der Waals surface area contributed by atoms with Crippen LogP contribution in [0.25, 0.3) is 0 Å². The first kappa shape index (κ1) is 69.5. The molecule has 0 bridgehead atoms. The van der Waals surface area contributed by atoms with Gasteiger partial charge in [-0.2, -0.15) is 0 Å². The molecule has 3 fully saturated rings. The Hall–Kier alpha value is -1.81. The molecular formula is C53H97O23P. The van der Waals surface area contributed by atoms with Gasteiger partial charge in [-0.05, 0) is 38.5 Å². The van der Waals surface area contributed by atoms with Crippen LogP contribution in [0.5, 0.6) is 0 Å². The molecule has 2 saturated heterocycles. The highest BCUT2D eigenvalue weighted by Gasteiger charge is 2.58. The lowest BCUT2D eigenvalue weighted by Crippen LogP contribution is -2.69. The maximum atomic E-state index is 14.0. The van der Waals surface area contributed by atoms with Crippen molar-refractivity contribution in [3.63, 3.8) is 0 Å². The van der Waals surface area contributed by atoms with Gasteiger partial charge >= 0.3 is 19.8 Å². The zero-order valence-electron chi connectivity index (χ0n) is 45.5. The maximum absolute atomic E-state index is 14.0. The summed E-state index contributed by atoms with van der Waals surface area (Å²) in [5.41, 5.74) is 0. The highest BCUT2D eigenvalue weighted by atomic mass is 31.2. The third kappa shape index (κ3) is 25.1. The van der Waals surface area contributed by atoms with E-state index in [0.29, 0.717) is 12.8 Å². The molecule has 0 radical (unpaired) electrons. The van der Waals surface area contributed by atoms with E-state index in [-0.39, 0.29) is 12.8 Å². The number of phosphoric acid groups is 1. The zero-order valence-corrected chi connectivity index (χ0v) is 46.4. The van der Waals surface area contributed by atoms with Crippen LogP contribution in [-0.4, -0.2) is 204 Å². The monoisotopic (exact) mass is 1130 g/mol. The van der Waals surface area contributed by atoms with Gasteiger partial charge in [-0.15, -0.1) is 0 Å². The molecule has 77 heavy (non-hydrogen) atoms. The summed E-state index contributed by atoms with van der Waals surface area (Å²) in [6, 6.07) is 0.